The lowest BCUT2D eigenvalue weighted by atomic mass is 10.1. The highest BCUT2D eigenvalue weighted by Crippen LogP contribution is 2.25. The molecule has 1 aliphatic rings. The van der Waals surface area contributed by atoms with Crippen molar-refractivity contribution >= 4 is 30.1 Å². The van der Waals surface area contributed by atoms with Gasteiger partial charge in [-0.2, -0.15) is 8.78 Å². The number of piperazine rings is 1. The van der Waals surface area contributed by atoms with Crippen LogP contribution in [0.2, 0.25) is 0 Å². The third-order valence-corrected chi connectivity index (χ3v) is 3.70. The van der Waals surface area contributed by atoms with E-state index in [1.165, 1.54) is 0 Å². The zero-order valence-electron chi connectivity index (χ0n) is 11.0. The van der Waals surface area contributed by atoms with Crippen molar-refractivity contribution in [2.24, 2.45) is 0 Å². The Balaban J connectivity index is 0.00000200. The average Bonchev–Trinajstić information content (AvgIpc) is 2.38. The largest absolute Gasteiger partial charge is 0.336 e. The van der Waals surface area contributed by atoms with Gasteiger partial charge in [-0.15, -0.1) is 12.4 Å². The van der Waals surface area contributed by atoms with Gasteiger partial charge in [0.2, 0.25) is 0 Å². The van der Waals surface area contributed by atoms with Crippen molar-refractivity contribution in [2.75, 3.05) is 19.6 Å². The van der Waals surface area contributed by atoms with Crippen LogP contribution < -0.4 is 5.32 Å². The SMILES string of the molecule is CC1CN(C(=O)c2ccc(SC(F)F)cc2)CCN1.Cl. The van der Waals surface area contributed by atoms with Crippen LogP contribution in [-0.4, -0.2) is 42.2 Å². The number of benzene rings is 1. The molecule has 1 aromatic rings. The van der Waals surface area contributed by atoms with Gasteiger partial charge in [-0.05, 0) is 31.2 Å². The van der Waals surface area contributed by atoms with E-state index in [1.54, 1.807) is 29.2 Å². The van der Waals surface area contributed by atoms with E-state index >= 15 is 0 Å². The highest BCUT2D eigenvalue weighted by Gasteiger charge is 2.21. The monoisotopic (exact) mass is 322 g/mol. The number of hydrogen-bond acceptors (Lipinski definition) is 3. The van der Waals surface area contributed by atoms with Crippen LogP contribution in [0.3, 0.4) is 0 Å². The molecule has 0 saturated carbocycles. The van der Waals surface area contributed by atoms with E-state index in [4.69, 9.17) is 0 Å². The summed E-state index contributed by atoms with van der Waals surface area (Å²) in [7, 11) is 0. The van der Waals surface area contributed by atoms with Crippen molar-refractivity contribution in [2.45, 2.75) is 23.6 Å². The predicted molar refractivity (Wildman–Crippen MR) is 78.9 cm³/mol. The molecule has 1 aromatic carbocycles. The number of alkyl halides is 2. The quantitative estimate of drug-likeness (QED) is 0.869. The standard InChI is InChI=1S/C13H16F2N2OS.ClH/c1-9-8-17(7-6-16-9)12(18)10-2-4-11(5-3-10)19-13(14)15;/h2-5,9,13,16H,6-8H2,1H3;1H. The van der Waals surface area contributed by atoms with Gasteiger partial charge in [0.1, 0.15) is 0 Å². The molecule has 0 radical (unpaired) electrons. The molecule has 1 atom stereocenters. The summed E-state index contributed by atoms with van der Waals surface area (Å²) >= 11 is 0.487. The lowest BCUT2D eigenvalue weighted by Gasteiger charge is -2.32. The number of halogens is 3. The number of hydrogen-bond donors (Lipinski definition) is 1. The summed E-state index contributed by atoms with van der Waals surface area (Å²) in [6.07, 6.45) is 0. The van der Waals surface area contributed by atoms with Crippen LogP contribution in [-0.2, 0) is 0 Å². The van der Waals surface area contributed by atoms with Gasteiger partial charge in [0.25, 0.3) is 11.7 Å². The van der Waals surface area contributed by atoms with E-state index in [2.05, 4.69) is 5.32 Å². The van der Waals surface area contributed by atoms with E-state index in [0.717, 1.165) is 6.54 Å². The minimum atomic E-state index is -2.43. The first kappa shape index (κ1) is 17.2. The Bertz CT molecular complexity index is 445. The maximum Gasteiger partial charge on any atom is 0.288 e. The minimum absolute atomic E-state index is 0. The first-order chi connectivity index (χ1) is 9.06. The molecule has 1 N–H and O–H groups in total. The molecule has 1 amide bonds. The van der Waals surface area contributed by atoms with E-state index < -0.39 is 5.76 Å². The molecule has 0 bridgehead atoms. The molecule has 0 spiro atoms. The molecule has 1 heterocycles. The summed E-state index contributed by atoms with van der Waals surface area (Å²) in [4.78, 5) is 14.5. The fourth-order valence-electron chi connectivity index (χ4n) is 2.08. The lowest BCUT2D eigenvalue weighted by Crippen LogP contribution is -2.51. The molecular weight excluding hydrogens is 306 g/mol. The van der Waals surface area contributed by atoms with E-state index in [-0.39, 0.29) is 24.4 Å². The van der Waals surface area contributed by atoms with Gasteiger partial charge < -0.3 is 10.2 Å². The second kappa shape index (κ2) is 7.81. The molecule has 112 valence electrons. The summed E-state index contributed by atoms with van der Waals surface area (Å²) < 4.78 is 24.4. The molecule has 7 heteroatoms. The summed E-state index contributed by atoms with van der Waals surface area (Å²) in [6.45, 7) is 4.16. The summed E-state index contributed by atoms with van der Waals surface area (Å²) in [5.74, 6) is -2.47. The normalized spacial score (nSPS) is 18.8. The predicted octanol–water partition coefficient (Wildman–Crippen LogP) is 2.86. The second-order valence-electron chi connectivity index (χ2n) is 4.51. The van der Waals surface area contributed by atoms with Crippen LogP contribution in [0.4, 0.5) is 8.78 Å². The number of rotatable bonds is 3. The molecular formula is C13H17ClF2N2OS. The van der Waals surface area contributed by atoms with Crippen LogP contribution in [0.25, 0.3) is 0 Å². The fourth-order valence-corrected chi connectivity index (χ4v) is 2.58. The first-order valence-corrected chi connectivity index (χ1v) is 7.02. The van der Waals surface area contributed by atoms with Crippen LogP contribution in [0.15, 0.2) is 29.2 Å². The molecule has 1 saturated heterocycles. The third-order valence-electron chi connectivity index (χ3n) is 2.98. The fraction of sp³-hybridized carbons (Fsp3) is 0.462. The third kappa shape index (κ3) is 4.61. The number of amides is 1. The van der Waals surface area contributed by atoms with Gasteiger partial charge in [-0.25, -0.2) is 0 Å². The van der Waals surface area contributed by atoms with Crippen LogP contribution >= 0.6 is 24.2 Å². The van der Waals surface area contributed by atoms with E-state index in [0.29, 0.717) is 35.3 Å². The Labute approximate surface area is 127 Å². The Morgan fingerprint density at radius 2 is 2.05 bits per heavy atom. The van der Waals surface area contributed by atoms with Crippen LogP contribution in [0, 0.1) is 0 Å². The molecule has 0 aromatic heterocycles. The van der Waals surface area contributed by atoms with E-state index in [9.17, 15) is 13.6 Å². The Morgan fingerprint density at radius 1 is 1.40 bits per heavy atom. The summed E-state index contributed by atoms with van der Waals surface area (Å²) in [5, 5.41) is 3.27. The highest BCUT2D eigenvalue weighted by atomic mass is 35.5. The van der Waals surface area contributed by atoms with Gasteiger partial charge in [0.15, 0.2) is 0 Å². The second-order valence-corrected chi connectivity index (χ2v) is 5.57. The van der Waals surface area contributed by atoms with Gasteiger partial charge >= 0.3 is 0 Å². The van der Waals surface area contributed by atoms with Crippen molar-refractivity contribution < 1.29 is 13.6 Å². The molecule has 3 nitrogen and oxygen atoms in total. The van der Waals surface area contributed by atoms with Gasteiger partial charge in [0.05, 0.1) is 0 Å². The minimum Gasteiger partial charge on any atom is -0.336 e. The van der Waals surface area contributed by atoms with Crippen molar-refractivity contribution in [3.63, 3.8) is 0 Å². The molecule has 2 rings (SSSR count). The van der Waals surface area contributed by atoms with Crippen LogP contribution in [0.1, 0.15) is 17.3 Å². The van der Waals surface area contributed by atoms with Crippen molar-refractivity contribution in [3.05, 3.63) is 29.8 Å². The first-order valence-electron chi connectivity index (χ1n) is 6.14. The number of carbonyl (C=O) groups excluding carboxylic acids is 1. The van der Waals surface area contributed by atoms with Crippen molar-refractivity contribution in [1.29, 1.82) is 0 Å². The maximum atomic E-state index is 12.2. The van der Waals surface area contributed by atoms with Crippen molar-refractivity contribution in [1.82, 2.24) is 10.2 Å². The Hall–Kier alpha value is -0.850. The zero-order valence-corrected chi connectivity index (χ0v) is 12.6. The molecule has 0 aliphatic carbocycles. The zero-order chi connectivity index (χ0) is 13.8. The van der Waals surface area contributed by atoms with Gasteiger partial charge in [-0.1, -0.05) is 11.8 Å². The number of thioether (sulfide) groups is 1. The summed E-state index contributed by atoms with van der Waals surface area (Å²) in [5.41, 5.74) is 0.549. The van der Waals surface area contributed by atoms with Gasteiger partial charge in [0, 0.05) is 36.1 Å². The maximum absolute atomic E-state index is 12.2. The molecule has 1 unspecified atom stereocenters. The van der Waals surface area contributed by atoms with Gasteiger partial charge in [-0.3, -0.25) is 4.79 Å². The summed E-state index contributed by atoms with van der Waals surface area (Å²) in [6, 6.07) is 6.64. The van der Waals surface area contributed by atoms with Crippen LogP contribution in [0.5, 0.6) is 0 Å². The lowest BCUT2D eigenvalue weighted by molar-refractivity contribution is 0.0709. The molecule has 1 aliphatic heterocycles. The number of nitrogens with zero attached hydrogens (tertiary/aromatic N) is 1. The Kier molecular flexibility index (Phi) is 6.71. The van der Waals surface area contributed by atoms with Crippen molar-refractivity contribution in [3.8, 4) is 0 Å². The average molecular weight is 323 g/mol. The topological polar surface area (TPSA) is 32.3 Å². The Morgan fingerprint density at radius 3 is 2.60 bits per heavy atom. The highest BCUT2D eigenvalue weighted by molar-refractivity contribution is 7.99. The smallest absolute Gasteiger partial charge is 0.288 e. The molecule has 20 heavy (non-hydrogen) atoms. The van der Waals surface area contributed by atoms with E-state index in [1.807, 2.05) is 6.92 Å². The number of nitrogens with one attached hydrogen (secondary N) is 1. The number of carbonyl (C=O) groups is 1. The molecule has 1 fully saturated rings.